The Bertz CT molecular complexity index is 196. The summed E-state index contributed by atoms with van der Waals surface area (Å²) in [5, 5.41) is 3.35. The lowest BCUT2D eigenvalue weighted by Gasteiger charge is -2.32. The average Bonchev–Trinajstić information content (AvgIpc) is 2.63. The molecule has 3 nitrogen and oxygen atoms in total. The van der Waals surface area contributed by atoms with Crippen molar-refractivity contribution in [2.45, 2.75) is 38.5 Å². The Hall–Kier alpha value is -0.380. The van der Waals surface area contributed by atoms with Crippen LogP contribution in [0.5, 0.6) is 0 Å². The van der Waals surface area contributed by atoms with Gasteiger partial charge < -0.3 is 10.1 Å². The molecule has 1 saturated heterocycles. The second-order valence-electron chi connectivity index (χ2n) is 4.39. The van der Waals surface area contributed by atoms with Gasteiger partial charge in [0.05, 0.1) is 6.10 Å². The monoisotopic (exact) mass is 212 g/mol. The van der Waals surface area contributed by atoms with Gasteiger partial charge in [0.2, 0.25) is 0 Å². The van der Waals surface area contributed by atoms with Crippen molar-refractivity contribution in [1.82, 2.24) is 10.2 Å². The van der Waals surface area contributed by atoms with Gasteiger partial charge in [-0.05, 0) is 27.3 Å². The molecule has 1 heterocycles. The summed E-state index contributed by atoms with van der Waals surface area (Å²) in [4.78, 5) is 2.42. The fourth-order valence-electron chi connectivity index (χ4n) is 2.12. The first-order chi connectivity index (χ1) is 7.16. The highest BCUT2D eigenvalue weighted by atomic mass is 16.5. The van der Waals surface area contributed by atoms with Gasteiger partial charge in [0.15, 0.2) is 0 Å². The molecule has 0 saturated carbocycles. The predicted octanol–water partition coefficient (Wildman–Crippen LogP) is 1.26. The Balaban J connectivity index is 2.31. The number of hydrogen-bond acceptors (Lipinski definition) is 3. The fraction of sp³-hybridized carbons (Fsp3) is 0.833. The van der Waals surface area contributed by atoms with Gasteiger partial charge >= 0.3 is 0 Å². The Morgan fingerprint density at radius 3 is 2.93 bits per heavy atom. The van der Waals surface area contributed by atoms with Crippen molar-refractivity contribution < 1.29 is 4.74 Å². The maximum absolute atomic E-state index is 5.58. The highest BCUT2D eigenvalue weighted by Gasteiger charge is 2.29. The quantitative estimate of drug-likeness (QED) is 0.530. The molecule has 0 spiro atoms. The van der Waals surface area contributed by atoms with Crippen molar-refractivity contribution in [3.63, 3.8) is 0 Å². The van der Waals surface area contributed by atoms with Crippen molar-refractivity contribution >= 4 is 0 Å². The van der Waals surface area contributed by atoms with E-state index in [1.165, 1.54) is 0 Å². The molecule has 0 amide bonds. The first-order valence-electron chi connectivity index (χ1n) is 5.82. The van der Waals surface area contributed by atoms with Gasteiger partial charge in [-0.2, -0.15) is 0 Å². The Labute approximate surface area is 93.5 Å². The van der Waals surface area contributed by atoms with Gasteiger partial charge in [-0.1, -0.05) is 6.08 Å². The second kappa shape index (κ2) is 6.26. The Kier molecular flexibility index (Phi) is 5.29. The van der Waals surface area contributed by atoms with E-state index >= 15 is 0 Å². The number of nitrogens with one attached hydrogen (secondary N) is 1. The van der Waals surface area contributed by atoms with Crippen LogP contribution < -0.4 is 5.32 Å². The van der Waals surface area contributed by atoms with Gasteiger partial charge in [-0.15, -0.1) is 6.58 Å². The van der Waals surface area contributed by atoms with Crippen molar-refractivity contribution in [2.75, 3.05) is 26.7 Å². The van der Waals surface area contributed by atoms with Crippen LogP contribution in [0.25, 0.3) is 0 Å². The number of likely N-dealkylation sites (N-methyl/N-ethyl adjacent to an activating group) is 1. The molecule has 0 aliphatic carbocycles. The maximum atomic E-state index is 5.58. The van der Waals surface area contributed by atoms with Crippen LogP contribution in [0.1, 0.15) is 20.3 Å². The number of ether oxygens (including phenoxy) is 1. The van der Waals surface area contributed by atoms with E-state index in [-0.39, 0.29) is 0 Å². The lowest BCUT2D eigenvalue weighted by atomic mass is 10.1. The highest BCUT2D eigenvalue weighted by Crippen LogP contribution is 2.19. The predicted molar refractivity (Wildman–Crippen MR) is 64.1 cm³/mol. The number of rotatable bonds is 6. The summed E-state index contributed by atoms with van der Waals surface area (Å²) in [5.74, 6) is 0. The SMILES string of the molecule is C=CCNCC(C)N(C)C1CCOC1C. The topological polar surface area (TPSA) is 24.5 Å². The van der Waals surface area contributed by atoms with Gasteiger partial charge in [0.1, 0.15) is 0 Å². The van der Waals surface area contributed by atoms with Crippen LogP contribution in [0.4, 0.5) is 0 Å². The van der Waals surface area contributed by atoms with Gasteiger partial charge in [-0.3, -0.25) is 4.90 Å². The molecule has 15 heavy (non-hydrogen) atoms. The molecule has 0 bridgehead atoms. The van der Waals surface area contributed by atoms with Gasteiger partial charge in [-0.25, -0.2) is 0 Å². The minimum Gasteiger partial charge on any atom is -0.377 e. The molecular formula is C12H24N2O. The third-order valence-corrected chi connectivity index (χ3v) is 3.28. The molecule has 1 aliphatic heterocycles. The number of hydrogen-bond donors (Lipinski definition) is 1. The summed E-state index contributed by atoms with van der Waals surface area (Å²) in [6.07, 6.45) is 3.43. The first-order valence-corrected chi connectivity index (χ1v) is 5.82. The third-order valence-electron chi connectivity index (χ3n) is 3.28. The fourth-order valence-corrected chi connectivity index (χ4v) is 2.12. The van der Waals surface area contributed by atoms with Crippen molar-refractivity contribution in [3.8, 4) is 0 Å². The maximum Gasteiger partial charge on any atom is 0.0703 e. The lowest BCUT2D eigenvalue weighted by Crippen LogP contribution is -2.46. The van der Waals surface area contributed by atoms with Crippen LogP contribution in [0.3, 0.4) is 0 Å². The minimum atomic E-state index is 0.372. The summed E-state index contributed by atoms with van der Waals surface area (Å²) < 4.78 is 5.58. The molecule has 88 valence electrons. The molecule has 1 fully saturated rings. The van der Waals surface area contributed by atoms with Crippen molar-refractivity contribution in [1.29, 1.82) is 0 Å². The van der Waals surface area contributed by atoms with Crippen LogP contribution in [0, 0.1) is 0 Å². The van der Waals surface area contributed by atoms with E-state index in [0.717, 1.165) is 26.1 Å². The second-order valence-corrected chi connectivity index (χ2v) is 4.39. The Morgan fingerprint density at radius 1 is 1.67 bits per heavy atom. The standard InChI is InChI=1S/C12H24N2O/c1-5-7-13-9-10(2)14(4)12-6-8-15-11(12)3/h5,10-13H,1,6-9H2,2-4H3. The van der Waals surface area contributed by atoms with E-state index in [2.05, 4.69) is 37.7 Å². The number of nitrogens with zero attached hydrogens (tertiary/aromatic N) is 1. The summed E-state index contributed by atoms with van der Waals surface area (Å²) in [6, 6.07) is 1.12. The van der Waals surface area contributed by atoms with Crippen LogP contribution in [-0.4, -0.2) is 49.8 Å². The molecule has 1 N–H and O–H groups in total. The molecule has 3 unspecified atom stereocenters. The summed E-state index contributed by atoms with van der Waals surface area (Å²) in [7, 11) is 2.19. The van der Waals surface area contributed by atoms with Gasteiger partial charge in [0.25, 0.3) is 0 Å². The normalized spacial score (nSPS) is 28.3. The largest absolute Gasteiger partial charge is 0.377 e. The van der Waals surface area contributed by atoms with Crippen LogP contribution >= 0.6 is 0 Å². The van der Waals surface area contributed by atoms with Gasteiger partial charge in [0, 0.05) is 31.8 Å². The van der Waals surface area contributed by atoms with E-state index in [1.807, 2.05) is 6.08 Å². The zero-order chi connectivity index (χ0) is 11.3. The van der Waals surface area contributed by atoms with Crippen LogP contribution in [0.15, 0.2) is 12.7 Å². The molecule has 0 aromatic rings. The molecular weight excluding hydrogens is 188 g/mol. The summed E-state index contributed by atoms with van der Waals surface area (Å²) in [5.41, 5.74) is 0. The van der Waals surface area contributed by atoms with E-state index < -0.39 is 0 Å². The van der Waals surface area contributed by atoms with E-state index in [1.54, 1.807) is 0 Å². The molecule has 0 radical (unpaired) electrons. The zero-order valence-electron chi connectivity index (χ0n) is 10.2. The minimum absolute atomic E-state index is 0.372. The Morgan fingerprint density at radius 2 is 2.40 bits per heavy atom. The van der Waals surface area contributed by atoms with E-state index in [0.29, 0.717) is 18.2 Å². The molecule has 1 rings (SSSR count). The lowest BCUT2D eigenvalue weighted by molar-refractivity contribution is 0.0706. The molecule has 0 aromatic carbocycles. The van der Waals surface area contributed by atoms with E-state index in [4.69, 9.17) is 4.74 Å². The zero-order valence-corrected chi connectivity index (χ0v) is 10.2. The average molecular weight is 212 g/mol. The molecule has 3 atom stereocenters. The van der Waals surface area contributed by atoms with Crippen LogP contribution in [-0.2, 0) is 4.74 Å². The van der Waals surface area contributed by atoms with Crippen molar-refractivity contribution in [2.24, 2.45) is 0 Å². The van der Waals surface area contributed by atoms with E-state index in [9.17, 15) is 0 Å². The van der Waals surface area contributed by atoms with Crippen molar-refractivity contribution in [3.05, 3.63) is 12.7 Å². The molecule has 1 aliphatic rings. The smallest absolute Gasteiger partial charge is 0.0703 e. The van der Waals surface area contributed by atoms with Crippen LogP contribution in [0.2, 0.25) is 0 Å². The molecule has 0 aromatic heterocycles. The highest BCUT2D eigenvalue weighted by molar-refractivity contribution is 4.84. The summed E-state index contributed by atoms with van der Waals surface area (Å²) >= 11 is 0. The third kappa shape index (κ3) is 3.59. The first kappa shape index (κ1) is 12.7. The molecule has 3 heteroatoms. The summed E-state index contributed by atoms with van der Waals surface area (Å²) in [6.45, 7) is 10.9.